The molecule has 0 unspecified atom stereocenters. The molecule has 0 aliphatic carbocycles. The molecule has 1 aliphatic rings. The highest BCUT2D eigenvalue weighted by atomic mass is 16.4. The topological polar surface area (TPSA) is 75.4 Å². The van der Waals surface area contributed by atoms with Gasteiger partial charge in [-0.1, -0.05) is 6.07 Å². The van der Waals surface area contributed by atoms with Gasteiger partial charge in [-0.15, -0.1) is 0 Å². The maximum absolute atomic E-state index is 12.7. The molecule has 1 atom stereocenters. The Morgan fingerprint density at radius 3 is 2.82 bits per heavy atom. The molecule has 2 aromatic rings. The van der Waals surface area contributed by atoms with Crippen LogP contribution in [0.1, 0.15) is 29.6 Å². The quantitative estimate of drug-likeness (QED) is 0.940. The van der Waals surface area contributed by atoms with Gasteiger partial charge in [-0.05, 0) is 43.5 Å². The number of hydrogen-bond acceptors (Lipinski definition) is 3. The van der Waals surface area contributed by atoms with Crippen LogP contribution in [0.25, 0.3) is 5.69 Å². The predicted molar refractivity (Wildman–Crippen MR) is 79.9 cm³/mol. The van der Waals surface area contributed by atoms with Crippen LogP contribution in [0.5, 0.6) is 0 Å². The van der Waals surface area contributed by atoms with E-state index in [4.69, 9.17) is 0 Å². The second kappa shape index (κ2) is 6.01. The van der Waals surface area contributed by atoms with Gasteiger partial charge < -0.3 is 10.0 Å². The minimum Gasteiger partial charge on any atom is -0.480 e. The number of piperidine rings is 1. The highest BCUT2D eigenvalue weighted by Crippen LogP contribution is 2.21. The number of carbonyl (C=O) groups is 2. The summed E-state index contributed by atoms with van der Waals surface area (Å²) in [6, 6.07) is 8.17. The number of nitrogens with zero attached hydrogens (tertiary/aromatic N) is 3. The zero-order chi connectivity index (χ0) is 15.5. The van der Waals surface area contributed by atoms with Crippen molar-refractivity contribution in [3.05, 3.63) is 48.3 Å². The number of carboxylic acids is 1. The molecule has 3 rings (SSSR count). The Balaban J connectivity index is 1.88. The van der Waals surface area contributed by atoms with Crippen LogP contribution in [-0.2, 0) is 4.79 Å². The molecule has 1 amide bonds. The van der Waals surface area contributed by atoms with Crippen molar-refractivity contribution in [1.82, 2.24) is 14.7 Å². The van der Waals surface area contributed by atoms with Crippen LogP contribution in [0.3, 0.4) is 0 Å². The van der Waals surface area contributed by atoms with Crippen molar-refractivity contribution < 1.29 is 14.7 Å². The summed E-state index contributed by atoms with van der Waals surface area (Å²) in [5.41, 5.74) is 1.26. The lowest BCUT2D eigenvalue weighted by Gasteiger charge is -2.33. The van der Waals surface area contributed by atoms with E-state index in [9.17, 15) is 14.7 Å². The van der Waals surface area contributed by atoms with Gasteiger partial charge in [0, 0.05) is 24.5 Å². The average Bonchev–Trinajstić information content (AvgIpc) is 3.09. The van der Waals surface area contributed by atoms with Crippen LogP contribution in [0.15, 0.2) is 42.7 Å². The number of likely N-dealkylation sites (tertiary alicyclic amines) is 1. The van der Waals surface area contributed by atoms with E-state index in [1.165, 1.54) is 4.90 Å². The first-order valence-electron chi connectivity index (χ1n) is 7.30. The zero-order valence-electron chi connectivity index (χ0n) is 12.1. The minimum absolute atomic E-state index is 0.235. The van der Waals surface area contributed by atoms with E-state index in [2.05, 4.69) is 5.10 Å². The maximum atomic E-state index is 12.7. The number of hydrogen-bond donors (Lipinski definition) is 1. The van der Waals surface area contributed by atoms with Crippen molar-refractivity contribution in [3.8, 4) is 5.69 Å². The molecule has 0 spiro atoms. The summed E-state index contributed by atoms with van der Waals surface area (Å²) >= 11 is 0. The number of aromatic nitrogens is 2. The number of rotatable bonds is 3. The van der Waals surface area contributed by atoms with Gasteiger partial charge in [0.05, 0.1) is 5.69 Å². The first-order chi connectivity index (χ1) is 10.7. The smallest absolute Gasteiger partial charge is 0.326 e. The largest absolute Gasteiger partial charge is 0.480 e. The number of amides is 1. The standard InChI is InChI=1S/C16H17N3O3/c20-15(18-9-2-1-7-14(18)16(21)22)12-5-3-6-13(11-12)19-10-4-8-17-19/h3-6,8,10-11,14H,1-2,7,9H2,(H,21,22)/t14-/m0/s1. The van der Waals surface area contributed by atoms with E-state index in [0.29, 0.717) is 18.5 Å². The van der Waals surface area contributed by atoms with Crippen molar-refractivity contribution in [1.29, 1.82) is 0 Å². The third-order valence-electron chi connectivity index (χ3n) is 3.91. The summed E-state index contributed by atoms with van der Waals surface area (Å²) in [7, 11) is 0. The van der Waals surface area contributed by atoms with E-state index >= 15 is 0 Å². The molecule has 6 heteroatoms. The van der Waals surface area contributed by atoms with E-state index in [-0.39, 0.29) is 5.91 Å². The van der Waals surface area contributed by atoms with Crippen LogP contribution in [-0.4, -0.2) is 44.3 Å². The van der Waals surface area contributed by atoms with Gasteiger partial charge in [0.25, 0.3) is 5.91 Å². The van der Waals surface area contributed by atoms with Gasteiger partial charge in [-0.3, -0.25) is 4.79 Å². The van der Waals surface area contributed by atoms with Crippen molar-refractivity contribution >= 4 is 11.9 Å². The van der Waals surface area contributed by atoms with E-state index in [1.807, 2.05) is 6.07 Å². The molecular formula is C16H17N3O3. The molecule has 1 aliphatic heterocycles. The lowest BCUT2D eigenvalue weighted by atomic mass is 10.0. The Morgan fingerprint density at radius 1 is 1.23 bits per heavy atom. The summed E-state index contributed by atoms with van der Waals surface area (Å²) in [5, 5.41) is 13.4. The van der Waals surface area contributed by atoms with Crippen LogP contribution < -0.4 is 0 Å². The molecule has 22 heavy (non-hydrogen) atoms. The Morgan fingerprint density at radius 2 is 2.09 bits per heavy atom. The first kappa shape index (κ1) is 14.3. The lowest BCUT2D eigenvalue weighted by molar-refractivity contribution is -0.143. The van der Waals surface area contributed by atoms with Crippen LogP contribution >= 0.6 is 0 Å². The first-order valence-corrected chi connectivity index (χ1v) is 7.30. The molecule has 1 aromatic heterocycles. The summed E-state index contributed by atoms with van der Waals surface area (Å²) in [4.78, 5) is 25.5. The SMILES string of the molecule is O=C(O)[C@@H]1CCCCN1C(=O)c1cccc(-n2cccn2)c1. The summed E-state index contributed by atoms with van der Waals surface area (Å²) < 4.78 is 1.67. The van der Waals surface area contributed by atoms with Gasteiger partial charge in [0.15, 0.2) is 0 Å². The number of benzene rings is 1. The molecule has 2 heterocycles. The van der Waals surface area contributed by atoms with Crippen molar-refractivity contribution in [3.63, 3.8) is 0 Å². The highest BCUT2D eigenvalue weighted by molar-refractivity contribution is 5.97. The summed E-state index contributed by atoms with van der Waals surface area (Å²) in [6.07, 6.45) is 5.66. The van der Waals surface area contributed by atoms with Crippen molar-refractivity contribution in [2.24, 2.45) is 0 Å². The lowest BCUT2D eigenvalue weighted by Crippen LogP contribution is -2.48. The van der Waals surface area contributed by atoms with Gasteiger partial charge >= 0.3 is 5.97 Å². The number of carboxylic acid groups (broad SMARTS) is 1. The third-order valence-corrected chi connectivity index (χ3v) is 3.91. The molecule has 1 aromatic carbocycles. The van der Waals surface area contributed by atoms with Gasteiger partial charge in [-0.25, -0.2) is 9.48 Å². The van der Waals surface area contributed by atoms with E-state index in [0.717, 1.165) is 18.5 Å². The molecular weight excluding hydrogens is 282 g/mol. The minimum atomic E-state index is -0.934. The van der Waals surface area contributed by atoms with Crippen LogP contribution in [0.4, 0.5) is 0 Å². The van der Waals surface area contributed by atoms with Crippen LogP contribution in [0.2, 0.25) is 0 Å². The fourth-order valence-corrected chi connectivity index (χ4v) is 2.80. The molecule has 0 bridgehead atoms. The summed E-state index contributed by atoms with van der Waals surface area (Å²) in [5.74, 6) is -1.17. The summed E-state index contributed by atoms with van der Waals surface area (Å²) in [6.45, 7) is 0.488. The normalized spacial score (nSPS) is 18.2. The van der Waals surface area contributed by atoms with Gasteiger partial charge in [0.1, 0.15) is 6.04 Å². The average molecular weight is 299 g/mol. The molecule has 1 fully saturated rings. The molecule has 114 valence electrons. The molecule has 0 radical (unpaired) electrons. The van der Waals surface area contributed by atoms with Crippen LogP contribution in [0, 0.1) is 0 Å². The predicted octanol–water partition coefficient (Wildman–Crippen LogP) is 1.95. The van der Waals surface area contributed by atoms with Gasteiger partial charge in [0.2, 0.25) is 0 Å². The monoisotopic (exact) mass is 299 g/mol. The fraction of sp³-hybridized carbons (Fsp3) is 0.312. The molecule has 1 N–H and O–H groups in total. The number of aliphatic carboxylic acids is 1. The third kappa shape index (κ3) is 2.72. The maximum Gasteiger partial charge on any atom is 0.326 e. The molecule has 6 nitrogen and oxygen atoms in total. The highest BCUT2D eigenvalue weighted by Gasteiger charge is 2.32. The fourth-order valence-electron chi connectivity index (χ4n) is 2.80. The van der Waals surface area contributed by atoms with Gasteiger partial charge in [-0.2, -0.15) is 5.10 Å². The molecule has 0 saturated carbocycles. The Bertz CT molecular complexity index is 682. The zero-order valence-corrected chi connectivity index (χ0v) is 12.1. The molecule has 1 saturated heterocycles. The van der Waals surface area contributed by atoms with Crippen molar-refractivity contribution in [2.45, 2.75) is 25.3 Å². The van der Waals surface area contributed by atoms with E-state index in [1.54, 1.807) is 41.3 Å². The second-order valence-electron chi connectivity index (χ2n) is 5.35. The van der Waals surface area contributed by atoms with E-state index < -0.39 is 12.0 Å². The Labute approximate surface area is 128 Å². The van der Waals surface area contributed by atoms with Crippen molar-refractivity contribution in [2.75, 3.05) is 6.54 Å². The Hall–Kier alpha value is -2.63. The Kier molecular flexibility index (Phi) is 3.91. The second-order valence-corrected chi connectivity index (χ2v) is 5.35. The number of carbonyl (C=O) groups excluding carboxylic acids is 1.